The van der Waals surface area contributed by atoms with Crippen LogP contribution >= 0.6 is 0 Å². The Morgan fingerprint density at radius 1 is 1.38 bits per heavy atom. The van der Waals surface area contributed by atoms with Crippen molar-refractivity contribution in [3.8, 4) is 5.75 Å². The second-order valence-electron chi connectivity index (χ2n) is 5.19. The summed E-state index contributed by atoms with van der Waals surface area (Å²) in [5, 5.41) is 2.84. The molecule has 1 aliphatic carbocycles. The van der Waals surface area contributed by atoms with E-state index in [2.05, 4.69) is 5.32 Å². The second-order valence-corrected chi connectivity index (χ2v) is 5.19. The van der Waals surface area contributed by atoms with Crippen molar-refractivity contribution in [2.75, 3.05) is 25.5 Å². The molecule has 0 radical (unpaired) electrons. The number of amides is 1. The average Bonchev–Trinajstić information content (AvgIpc) is 2.97. The Labute approximate surface area is 125 Å². The standard InChI is InChI=1S/C16H24N2O3/c1-2-20-14-9-5-8-13(17)15(14)16(19)18-10-11-21-12-6-3-4-7-12/h5,8-9,12H,2-4,6-7,10-11,17H2,1H3,(H,18,19). The van der Waals surface area contributed by atoms with Gasteiger partial charge in [-0.3, -0.25) is 4.79 Å². The van der Waals surface area contributed by atoms with Crippen LogP contribution in [-0.4, -0.2) is 31.8 Å². The molecule has 3 N–H and O–H groups in total. The summed E-state index contributed by atoms with van der Waals surface area (Å²) in [6.07, 6.45) is 5.12. The minimum Gasteiger partial charge on any atom is -0.493 e. The third-order valence-electron chi connectivity index (χ3n) is 3.63. The van der Waals surface area contributed by atoms with E-state index in [1.807, 2.05) is 6.92 Å². The normalized spacial score (nSPS) is 15.1. The zero-order valence-corrected chi connectivity index (χ0v) is 12.6. The van der Waals surface area contributed by atoms with Crippen LogP contribution in [0, 0.1) is 0 Å². The molecule has 5 nitrogen and oxygen atoms in total. The van der Waals surface area contributed by atoms with Gasteiger partial charge in [-0.25, -0.2) is 0 Å². The fourth-order valence-corrected chi connectivity index (χ4v) is 2.60. The zero-order valence-electron chi connectivity index (χ0n) is 12.6. The predicted molar refractivity (Wildman–Crippen MR) is 82.6 cm³/mol. The zero-order chi connectivity index (χ0) is 15.1. The third kappa shape index (κ3) is 4.36. The lowest BCUT2D eigenvalue weighted by Crippen LogP contribution is -2.29. The first kappa shape index (κ1) is 15.6. The van der Waals surface area contributed by atoms with Crippen LogP contribution in [0.4, 0.5) is 5.69 Å². The molecule has 1 fully saturated rings. The van der Waals surface area contributed by atoms with Crippen LogP contribution in [0.25, 0.3) is 0 Å². The van der Waals surface area contributed by atoms with Crippen molar-refractivity contribution < 1.29 is 14.3 Å². The van der Waals surface area contributed by atoms with Gasteiger partial charge in [0, 0.05) is 12.2 Å². The lowest BCUT2D eigenvalue weighted by Gasteiger charge is -2.14. The van der Waals surface area contributed by atoms with Gasteiger partial charge in [-0.05, 0) is 31.9 Å². The maximum absolute atomic E-state index is 12.2. The number of anilines is 1. The topological polar surface area (TPSA) is 73.6 Å². The van der Waals surface area contributed by atoms with E-state index in [0.29, 0.717) is 42.9 Å². The Bertz CT molecular complexity index is 471. The molecule has 2 rings (SSSR count). The highest BCUT2D eigenvalue weighted by Crippen LogP contribution is 2.24. The second kappa shape index (κ2) is 7.88. The molecule has 0 bridgehead atoms. The molecule has 1 amide bonds. The summed E-state index contributed by atoms with van der Waals surface area (Å²) >= 11 is 0. The molecule has 21 heavy (non-hydrogen) atoms. The van der Waals surface area contributed by atoms with Gasteiger partial charge in [0.15, 0.2) is 0 Å². The Morgan fingerprint density at radius 2 is 2.14 bits per heavy atom. The van der Waals surface area contributed by atoms with Crippen LogP contribution in [0.3, 0.4) is 0 Å². The van der Waals surface area contributed by atoms with Gasteiger partial charge in [0.25, 0.3) is 5.91 Å². The molecule has 0 unspecified atom stereocenters. The van der Waals surface area contributed by atoms with E-state index < -0.39 is 0 Å². The van der Waals surface area contributed by atoms with Gasteiger partial charge in [0.1, 0.15) is 11.3 Å². The first-order valence-corrected chi connectivity index (χ1v) is 7.63. The quantitative estimate of drug-likeness (QED) is 0.597. The molecule has 0 aliphatic heterocycles. The summed E-state index contributed by atoms with van der Waals surface area (Å²) in [6, 6.07) is 5.23. The van der Waals surface area contributed by atoms with Gasteiger partial charge in [0.05, 0.1) is 19.3 Å². The first-order valence-electron chi connectivity index (χ1n) is 7.63. The number of rotatable bonds is 7. The van der Waals surface area contributed by atoms with Crippen LogP contribution in [-0.2, 0) is 4.74 Å². The van der Waals surface area contributed by atoms with Gasteiger partial charge in [0.2, 0.25) is 0 Å². The minimum absolute atomic E-state index is 0.216. The summed E-state index contributed by atoms with van der Waals surface area (Å²) < 4.78 is 11.2. The van der Waals surface area contributed by atoms with Crippen LogP contribution in [0.15, 0.2) is 18.2 Å². The molecule has 1 aromatic rings. The molecule has 1 saturated carbocycles. The monoisotopic (exact) mass is 292 g/mol. The Morgan fingerprint density at radius 3 is 2.86 bits per heavy atom. The third-order valence-corrected chi connectivity index (χ3v) is 3.63. The van der Waals surface area contributed by atoms with Gasteiger partial charge < -0.3 is 20.5 Å². The fraction of sp³-hybridized carbons (Fsp3) is 0.562. The minimum atomic E-state index is -0.216. The maximum Gasteiger partial charge on any atom is 0.257 e. The first-order chi connectivity index (χ1) is 10.2. The Balaban J connectivity index is 1.84. The van der Waals surface area contributed by atoms with Crippen LogP contribution < -0.4 is 15.8 Å². The molecule has 1 aromatic carbocycles. The highest BCUT2D eigenvalue weighted by Gasteiger charge is 2.17. The number of carbonyl (C=O) groups excluding carboxylic acids is 1. The number of nitrogen functional groups attached to an aromatic ring is 1. The van der Waals surface area contributed by atoms with Crippen LogP contribution in [0.5, 0.6) is 5.75 Å². The smallest absolute Gasteiger partial charge is 0.257 e. The number of hydrogen-bond donors (Lipinski definition) is 2. The van der Waals surface area contributed by atoms with Gasteiger partial charge in [-0.1, -0.05) is 18.9 Å². The molecular formula is C16H24N2O3. The summed E-state index contributed by atoms with van der Waals surface area (Å²) in [7, 11) is 0. The molecule has 116 valence electrons. The number of carbonyl (C=O) groups is 1. The number of benzene rings is 1. The van der Waals surface area contributed by atoms with Crippen molar-refractivity contribution in [2.24, 2.45) is 0 Å². The van der Waals surface area contributed by atoms with Crippen molar-refractivity contribution in [3.63, 3.8) is 0 Å². The SMILES string of the molecule is CCOc1cccc(N)c1C(=O)NCCOC1CCCC1. The van der Waals surface area contributed by atoms with Crippen molar-refractivity contribution in [2.45, 2.75) is 38.7 Å². The van der Waals surface area contributed by atoms with Gasteiger partial charge >= 0.3 is 0 Å². The van der Waals surface area contributed by atoms with E-state index in [9.17, 15) is 4.79 Å². The molecule has 5 heteroatoms. The molecule has 0 aromatic heterocycles. The van der Waals surface area contributed by atoms with E-state index in [1.165, 1.54) is 12.8 Å². The van der Waals surface area contributed by atoms with E-state index in [1.54, 1.807) is 18.2 Å². The number of nitrogens with two attached hydrogens (primary N) is 1. The number of ether oxygens (including phenoxy) is 2. The fourth-order valence-electron chi connectivity index (χ4n) is 2.60. The lowest BCUT2D eigenvalue weighted by molar-refractivity contribution is 0.0581. The lowest BCUT2D eigenvalue weighted by atomic mass is 10.1. The Kier molecular flexibility index (Phi) is 5.87. The molecule has 1 aliphatic rings. The van der Waals surface area contributed by atoms with Gasteiger partial charge in [-0.15, -0.1) is 0 Å². The molecule has 0 heterocycles. The van der Waals surface area contributed by atoms with Crippen molar-refractivity contribution >= 4 is 11.6 Å². The van der Waals surface area contributed by atoms with E-state index in [-0.39, 0.29) is 5.91 Å². The predicted octanol–water partition coefficient (Wildman–Crippen LogP) is 2.36. The molecule has 0 atom stereocenters. The number of nitrogens with one attached hydrogen (secondary N) is 1. The number of hydrogen-bond acceptors (Lipinski definition) is 4. The van der Waals surface area contributed by atoms with Crippen LogP contribution in [0.1, 0.15) is 43.0 Å². The highest BCUT2D eigenvalue weighted by atomic mass is 16.5. The summed E-state index contributed by atoms with van der Waals surface area (Å²) in [6.45, 7) is 3.39. The van der Waals surface area contributed by atoms with Crippen molar-refractivity contribution in [1.29, 1.82) is 0 Å². The molecular weight excluding hydrogens is 268 g/mol. The van der Waals surface area contributed by atoms with Gasteiger partial charge in [-0.2, -0.15) is 0 Å². The van der Waals surface area contributed by atoms with E-state index in [4.69, 9.17) is 15.2 Å². The largest absolute Gasteiger partial charge is 0.493 e. The van der Waals surface area contributed by atoms with E-state index >= 15 is 0 Å². The average molecular weight is 292 g/mol. The van der Waals surface area contributed by atoms with Crippen molar-refractivity contribution in [1.82, 2.24) is 5.32 Å². The Hall–Kier alpha value is -1.75. The van der Waals surface area contributed by atoms with E-state index in [0.717, 1.165) is 12.8 Å². The summed E-state index contributed by atoms with van der Waals surface area (Å²) in [5.74, 6) is 0.304. The van der Waals surface area contributed by atoms with Crippen molar-refractivity contribution in [3.05, 3.63) is 23.8 Å². The molecule has 0 saturated heterocycles. The summed E-state index contributed by atoms with van der Waals surface area (Å²) in [4.78, 5) is 12.2. The van der Waals surface area contributed by atoms with Crippen LogP contribution in [0.2, 0.25) is 0 Å². The summed E-state index contributed by atoms with van der Waals surface area (Å²) in [5.41, 5.74) is 6.71. The highest BCUT2D eigenvalue weighted by molar-refractivity contribution is 6.01. The maximum atomic E-state index is 12.2. The molecule has 0 spiro atoms.